The van der Waals surface area contributed by atoms with Crippen LogP contribution in [-0.2, 0) is 32.6 Å². The van der Waals surface area contributed by atoms with Gasteiger partial charge in [0.1, 0.15) is 12.2 Å². The van der Waals surface area contributed by atoms with Gasteiger partial charge in [0, 0.05) is 7.11 Å². The minimum atomic E-state index is -3.99. The standard InChI is InChI=1S/C20H41NO7SSi2/c1-18(2,3)30(8,9)25-12-15-20(14(21)13-29(22,23)28-20)16(17(24-7)26-15)27-31(10,11)19(4,5)6/h13,15-17H,12,21H2,1-11H3/t15-,16+,17-,20-/m1/s1. The maximum Gasteiger partial charge on any atom is 0.292 e. The molecule has 2 heterocycles. The normalized spacial score (nSPS) is 32.0. The molecule has 11 heteroatoms. The Labute approximate surface area is 190 Å². The van der Waals surface area contributed by atoms with Crippen molar-refractivity contribution in [3.8, 4) is 0 Å². The maximum atomic E-state index is 12.5. The van der Waals surface area contributed by atoms with E-state index in [2.05, 4.69) is 67.7 Å². The molecule has 31 heavy (non-hydrogen) atoms. The van der Waals surface area contributed by atoms with E-state index in [4.69, 9.17) is 28.2 Å². The molecule has 1 saturated heterocycles. The third-order valence-corrected chi connectivity index (χ3v) is 17.3. The first-order valence-corrected chi connectivity index (χ1v) is 17.9. The number of rotatable bonds is 6. The third kappa shape index (κ3) is 4.98. The zero-order valence-corrected chi connectivity index (χ0v) is 23.7. The van der Waals surface area contributed by atoms with Gasteiger partial charge in [0.15, 0.2) is 28.5 Å². The first kappa shape index (κ1) is 27.0. The van der Waals surface area contributed by atoms with Gasteiger partial charge in [-0.25, -0.2) is 4.18 Å². The lowest BCUT2D eigenvalue weighted by Crippen LogP contribution is -2.59. The minimum absolute atomic E-state index is 0.0273. The van der Waals surface area contributed by atoms with Crippen LogP contribution in [0.25, 0.3) is 0 Å². The summed E-state index contributed by atoms with van der Waals surface area (Å²) in [6.45, 7) is 21.2. The van der Waals surface area contributed by atoms with Crippen molar-refractivity contribution in [2.75, 3.05) is 13.7 Å². The molecule has 0 aliphatic carbocycles. The van der Waals surface area contributed by atoms with Crippen molar-refractivity contribution >= 4 is 26.8 Å². The molecule has 0 unspecified atom stereocenters. The molecule has 182 valence electrons. The van der Waals surface area contributed by atoms with Crippen LogP contribution in [0.3, 0.4) is 0 Å². The Bertz CT molecular complexity index is 814. The van der Waals surface area contributed by atoms with Crippen molar-refractivity contribution in [2.24, 2.45) is 5.73 Å². The molecule has 0 aromatic carbocycles. The lowest BCUT2D eigenvalue weighted by Gasteiger charge is -2.43. The second kappa shape index (κ2) is 8.19. The highest BCUT2D eigenvalue weighted by molar-refractivity contribution is 7.90. The summed E-state index contributed by atoms with van der Waals surface area (Å²) in [6, 6.07) is 0. The van der Waals surface area contributed by atoms with E-state index in [1.54, 1.807) is 0 Å². The summed E-state index contributed by atoms with van der Waals surface area (Å²) in [5.41, 5.74) is 4.84. The molecule has 4 atom stereocenters. The number of methoxy groups -OCH3 is 1. The van der Waals surface area contributed by atoms with E-state index < -0.39 is 50.9 Å². The number of hydrogen-bond donors (Lipinski definition) is 1. The van der Waals surface area contributed by atoms with Crippen LogP contribution in [0.5, 0.6) is 0 Å². The second-order valence-electron chi connectivity index (χ2n) is 11.5. The molecule has 0 aromatic rings. The molecule has 0 radical (unpaired) electrons. The Morgan fingerprint density at radius 1 is 1.06 bits per heavy atom. The van der Waals surface area contributed by atoms with Crippen LogP contribution in [0.1, 0.15) is 41.5 Å². The van der Waals surface area contributed by atoms with Crippen LogP contribution < -0.4 is 5.73 Å². The third-order valence-electron chi connectivity index (χ3n) is 7.28. The van der Waals surface area contributed by atoms with E-state index in [0.29, 0.717) is 0 Å². The van der Waals surface area contributed by atoms with Crippen LogP contribution in [0.4, 0.5) is 0 Å². The SMILES string of the molecule is CO[C@@H]1O[C@H](CO[Si](C)(C)C(C)(C)C)[C@@]2(OS(=O)(=O)C=C2N)[C@H]1O[Si](C)(C)C(C)(C)C. The molecule has 1 fully saturated rings. The van der Waals surface area contributed by atoms with Gasteiger partial charge < -0.3 is 24.1 Å². The highest BCUT2D eigenvalue weighted by Crippen LogP contribution is 2.49. The van der Waals surface area contributed by atoms with E-state index >= 15 is 0 Å². The van der Waals surface area contributed by atoms with E-state index in [9.17, 15) is 8.42 Å². The van der Waals surface area contributed by atoms with Gasteiger partial charge in [-0.2, -0.15) is 8.42 Å². The summed E-state index contributed by atoms with van der Waals surface area (Å²) in [6.07, 6.45) is -2.49. The van der Waals surface area contributed by atoms with Gasteiger partial charge in [-0.05, 0) is 36.3 Å². The zero-order chi connectivity index (χ0) is 24.3. The van der Waals surface area contributed by atoms with Crippen molar-refractivity contribution in [1.29, 1.82) is 0 Å². The fourth-order valence-corrected chi connectivity index (χ4v) is 6.66. The molecule has 2 aliphatic rings. The summed E-state index contributed by atoms with van der Waals surface area (Å²) in [5.74, 6) is 0. The predicted molar refractivity (Wildman–Crippen MR) is 126 cm³/mol. The van der Waals surface area contributed by atoms with Crippen LogP contribution in [0, 0.1) is 0 Å². The second-order valence-corrected chi connectivity index (χ2v) is 22.5. The summed E-state index contributed by atoms with van der Waals surface area (Å²) in [4.78, 5) is 0. The molecule has 0 amide bonds. The first-order chi connectivity index (χ1) is 13.7. The lowest BCUT2D eigenvalue weighted by atomic mass is 9.90. The Morgan fingerprint density at radius 2 is 1.58 bits per heavy atom. The molecule has 0 saturated carbocycles. The van der Waals surface area contributed by atoms with Crippen molar-refractivity contribution in [3.63, 3.8) is 0 Å². The quantitative estimate of drug-likeness (QED) is 0.439. The zero-order valence-electron chi connectivity index (χ0n) is 20.9. The highest BCUT2D eigenvalue weighted by Gasteiger charge is 2.67. The predicted octanol–water partition coefficient (Wildman–Crippen LogP) is 3.67. The maximum absolute atomic E-state index is 12.5. The monoisotopic (exact) mass is 495 g/mol. The number of nitrogens with two attached hydrogens (primary N) is 1. The summed E-state index contributed by atoms with van der Waals surface area (Å²) >= 11 is 0. The smallest absolute Gasteiger partial charge is 0.292 e. The van der Waals surface area contributed by atoms with Gasteiger partial charge in [0.25, 0.3) is 10.1 Å². The van der Waals surface area contributed by atoms with Crippen molar-refractivity contribution < 1.29 is 30.9 Å². The van der Waals surface area contributed by atoms with Gasteiger partial charge in [-0.3, -0.25) is 0 Å². The summed E-state index contributed by atoms with van der Waals surface area (Å²) in [5, 5.41) is 0.800. The molecule has 8 nitrogen and oxygen atoms in total. The molecule has 2 rings (SSSR count). The molecule has 0 bridgehead atoms. The van der Waals surface area contributed by atoms with Gasteiger partial charge in [-0.15, -0.1) is 0 Å². The molecule has 1 spiro atoms. The highest BCUT2D eigenvalue weighted by atomic mass is 32.2. The average Bonchev–Trinajstić information content (AvgIpc) is 2.97. The van der Waals surface area contributed by atoms with E-state index in [1.165, 1.54) is 7.11 Å². The van der Waals surface area contributed by atoms with Crippen molar-refractivity contribution in [3.05, 3.63) is 11.1 Å². The first-order valence-electron chi connectivity index (χ1n) is 10.6. The topological polar surface area (TPSA) is 106 Å². The lowest BCUT2D eigenvalue weighted by molar-refractivity contribution is -0.149. The van der Waals surface area contributed by atoms with Gasteiger partial charge in [-0.1, -0.05) is 41.5 Å². The molecular formula is C20H41NO7SSi2. The minimum Gasteiger partial charge on any atom is -0.414 e. The van der Waals surface area contributed by atoms with E-state index in [1.807, 2.05) is 0 Å². The number of ether oxygens (including phenoxy) is 2. The van der Waals surface area contributed by atoms with Crippen LogP contribution in [0.2, 0.25) is 36.3 Å². The van der Waals surface area contributed by atoms with Crippen LogP contribution in [-0.4, -0.2) is 62.9 Å². The van der Waals surface area contributed by atoms with E-state index in [-0.39, 0.29) is 22.4 Å². The largest absolute Gasteiger partial charge is 0.414 e. The van der Waals surface area contributed by atoms with Gasteiger partial charge in [0.2, 0.25) is 0 Å². The Morgan fingerprint density at radius 3 is 1.97 bits per heavy atom. The van der Waals surface area contributed by atoms with Crippen LogP contribution in [0.15, 0.2) is 11.1 Å². The van der Waals surface area contributed by atoms with Gasteiger partial charge >= 0.3 is 0 Å². The molecular weight excluding hydrogens is 454 g/mol. The molecule has 0 aromatic heterocycles. The van der Waals surface area contributed by atoms with Gasteiger partial charge in [0.05, 0.1) is 17.7 Å². The average molecular weight is 496 g/mol. The Kier molecular flexibility index (Phi) is 7.13. The Hall–Kier alpha value is -0.276. The fraction of sp³-hybridized carbons (Fsp3) is 0.900. The van der Waals surface area contributed by atoms with Crippen molar-refractivity contribution in [2.45, 2.75) is 102 Å². The van der Waals surface area contributed by atoms with Crippen molar-refractivity contribution in [1.82, 2.24) is 0 Å². The molecule has 2 N–H and O–H groups in total. The van der Waals surface area contributed by atoms with Crippen LogP contribution >= 0.6 is 0 Å². The van der Waals surface area contributed by atoms with E-state index in [0.717, 1.165) is 5.41 Å². The Balaban J connectivity index is 2.49. The summed E-state index contributed by atoms with van der Waals surface area (Å²) < 4.78 is 55.3. The number of hydrogen-bond acceptors (Lipinski definition) is 8. The fourth-order valence-electron chi connectivity index (χ4n) is 3.16. The molecule has 2 aliphatic heterocycles. The summed E-state index contributed by atoms with van der Waals surface area (Å²) in [7, 11) is -7.00.